The summed E-state index contributed by atoms with van der Waals surface area (Å²) in [6.07, 6.45) is 10.0. The summed E-state index contributed by atoms with van der Waals surface area (Å²) in [4.78, 5) is 31.4. The molecule has 0 aliphatic rings. The summed E-state index contributed by atoms with van der Waals surface area (Å²) >= 11 is 0. The van der Waals surface area contributed by atoms with Crippen LogP contribution in [0.25, 0.3) is 0 Å². The average Bonchev–Trinajstić information content (AvgIpc) is 2.65. The van der Waals surface area contributed by atoms with Gasteiger partial charge in [-0.15, -0.1) is 0 Å². The molecular formula is C20H34N2O7. The smallest absolute Gasteiger partial charge is 0.242 e. The van der Waals surface area contributed by atoms with Gasteiger partial charge in [0.25, 0.3) is 0 Å². The first kappa shape index (κ1) is 26.9. The zero-order valence-electron chi connectivity index (χ0n) is 17.1. The number of unbranched alkanes of at least 4 members (excludes halogenated alkanes) is 5. The van der Waals surface area contributed by atoms with Crippen LogP contribution in [0.1, 0.15) is 71.1 Å². The SMILES string of the molecule is CC/C=C\CC(C(O)CC(O)C(C/C=C\CCCCCCC=O)[N+](=O)[O-])[N+](=O)[O-]. The first-order valence-corrected chi connectivity index (χ1v) is 10.2. The quantitative estimate of drug-likeness (QED) is 0.115. The van der Waals surface area contributed by atoms with Crippen molar-refractivity contribution in [3.63, 3.8) is 0 Å². The van der Waals surface area contributed by atoms with Crippen LogP contribution in [0.5, 0.6) is 0 Å². The Morgan fingerprint density at radius 1 is 0.793 bits per heavy atom. The van der Waals surface area contributed by atoms with E-state index in [0.29, 0.717) is 12.8 Å². The second-order valence-corrected chi connectivity index (χ2v) is 7.06. The average molecular weight is 414 g/mol. The number of hydrogen-bond donors (Lipinski definition) is 2. The van der Waals surface area contributed by atoms with Gasteiger partial charge in [-0.25, -0.2) is 0 Å². The van der Waals surface area contributed by atoms with E-state index >= 15 is 0 Å². The van der Waals surface area contributed by atoms with E-state index in [0.717, 1.165) is 38.4 Å². The zero-order chi connectivity index (χ0) is 22.1. The third kappa shape index (κ3) is 12.8. The molecule has 9 nitrogen and oxygen atoms in total. The highest BCUT2D eigenvalue weighted by Crippen LogP contribution is 2.16. The van der Waals surface area contributed by atoms with Gasteiger partial charge in [-0.2, -0.15) is 0 Å². The summed E-state index contributed by atoms with van der Waals surface area (Å²) in [5.74, 6) is 0. The van der Waals surface area contributed by atoms with Crippen LogP contribution in [0.3, 0.4) is 0 Å². The number of nitro groups is 2. The van der Waals surface area contributed by atoms with Crippen molar-refractivity contribution in [2.75, 3.05) is 0 Å². The maximum Gasteiger partial charge on any atom is 0.242 e. The number of rotatable bonds is 18. The van der Waals surface area contributed by atoms with E-state index in [9.17, 15) is 35.2 Å². The Labute approximate surface area is 171 Å². The van der Waals surface area contributed by atoms with Crippen LogP contribution >= 0.6 is 0 Å². The number of carbonyl (C=O) groups excluding carboxylic acids is 1. The van der Waals surface area contributed by atoms with E-state index in [1.54, 1.807) is 18.2 Å². The summed E-state index contributed by atoms with van der Waals surface area (Å²) in [7, 11) is 0. The van der Waals surface area contributed by atoms with Crippen LogP contribution in [-0.4, -0.2) is 50.6 Å². The molecule has 9 heteroatoms. The van der Waals surface area contributed by atoms with Gasteiger partial charge in [0.05, 0.1) is 0 Å². The number of allylic oxidation sites excluding steroid dienone is 2. The minimum Gasteiger partial charge on any atom is -0.386 e. The third-order valence-electron chi connectivity index (χ3n) is 4.68. The highest BCUT2D eigenvalue weighted by molar-refractivity contribution is 5.48. The lowest BCUT2D eigenvalue weighted by Crippen LogP contribution is -2.41. The predicted octanol–water partition coefficient (Wildman–Crippen LogP) is 3.23. The number of nitrogens with zero attached hydrogens (tertiary/aromatic N) is 2. The molecule has 2 N–H and O–H groups in total. The molecule has 4 atom stereocenters. The molecule has 0 fully saturated rings. The molecule has 0 amide bonds. The van der Waals surface area contributed by atoms with Crippen molar-refractivity contribution in [2.24, 2.45) is 0 Å². The Morgan fingerprint density at radius 3 is 1.72 bits per heavy atom. The second kappa shape index (κ2) is 16.8. The van der Waals surface area contributed by atoms with Gasteiger partial charge in [0, 0.05) is 35.5 Å². The van der Waals surface area contributed by atoms with E-state index in [4.69, 9.17) is 0 Å². The van der Waals surface area contributed by atoms with Crippen LogP contribution in [0.15, 0.2) is 24.3 Å². The van der Waals surface area contributed by atoms with Gasteiger partial charge in [0.1, 0.15) is 18.5 Å². The van der Waals surface area contributed by atoms with Gasteiger partial charge in [-0.05, 0) is 25.7 Å². The normalized spacial score (nSPS) is 16.0. The summed E-state index contributed by atoms with van der Waals surface area (Å²) in [5, 5.41) is 42.7. The maximum absolute atomic E-state index is 11.3. The molecule has 0 aromatic rings. The van der Waals surface area contributed by atoms with Gasteiger partial charge < -0.3 is 15.0 Å². The molecule has 0 heterocycles. The summed E-state index contributed by atoms with van der Waals surface area (Å²) in [5.41, 5.74) is 0. The number of carbonyl (C=O) groups is 1. The molecule has 0 spiro atoms. The van der Waals surface area contributed by atoms with Crippen molar-refractivity contribution in [2.45, 2.75) is 95.4 Å². The highest BCUT2D eigenvalue weighted by atomic mass is 16.6. The Bertz CT molecular complexity index is 537. The molecule has 0 rings (SSSR count). The molecule has 0 aromatic heterocycles. The summed E-state index contributed by atoms with van der Waals surface area (Å²) < 4.78 is 0. The van der Waals surface area contributed by atoms with Gasteiger partial charge in [0.15, 0.2) is 0 Å². The fraction of sp³-hybridized carbons (Fsp3) is 0.750. The molecule has 0 saturated carbocycles. The van der Waals surface area contributed by atoms with Gasteiger partial charge in [0.2, 0.25) is 12.1 Å². The van der Waals surface area contributed by atoms with E-state index in [2.05, 4.69) is 0 Å². The van der Waals surface area contributed by atoms with E-state index in [1.807, 2.05) is 13.0 Å². The molecule has 0 aliphatic carbocycles. The molecule has 29 heavy (non-hydrogen) atoms. The molecule has 0 aliphatic heterocycles. The van der Waals surface area contributed by atoms with Crippen LogP contribution < -0.4 is 0 Å². The highest BCUT2D eigenvalue weighted by Gasteiger charge is 2.36. The Hall–Kier alpha value is -2.13. The minimum absolute atomic E-state index is 0.00457. The summed E-state index contributed by atoms with van der Waals surface area (Å²) in [6.45, 7) is 1.88. The Kier molecular flexibility index (Phi) is 15.6. The van der Waals surface area contributed by atoms with Crippen molar-refractivity contribution in [3.8, 4) is 0 Å². The first-order valence-electron chi connectivity index (χ1n) is 10.2. The zero-order valence-corrected chi connectivity index (χ0v) is 17.1. The topological polar surface area (TPSA) is 144 Å². The van der Waals surface area contributed by atoms with Crippen molar-refractivity contribution < 1.29 is 24.9 Å². The maximum atomic E-state index is 11.3. The molecule has 0 saturated heterocycles. The molecule has 0 aromatic carbocycles. The lowest BCUT2D eigenvalue weighted by Gasteiger charge is -2.20. The fourth-order valence-corrected chi connectivity index (χ4v) is 2.93. The fourth-order valence-electron chi connectivity index (χ4n) is 2.93. The van der Waals surface area contributed by atoms with Crippen LogP contribution in [-0.2, 0) is 4.79 Å². The number of aliphatic hydroxyl groups excluding tert-OH is 2. The molecule has 0 radical (unpaired) electrons. The summed E-state index contributed by atoms with van der Waals surface area (Å²) in [6, 6.07) is -2.64. The lowest BCUT2D eigenvalue weighted by atomic mass is 9.96. The standard InChI is InChI=1S/C20H34N2O7/c1-2-3-10-13-17(21(26)27)19(24)16-20(25)18(22(28)29)14-11-8-6-4-5-7-9-12-15-23/h3,8,10-11,15,17-20,24-25H,2,4-7,9,12-14,16H2,1H3/b10-3-,11-8-. The molecule has 166 valence electrons. The first-order chi connectivity index (χ1) is 13.8. The largest absolute Gasteiger partial charge is 0.386 e. The molecular weight excluding hydrogens is 380 g/mol. The van der Waals surface area contributed by atoms with E-state index in [1.165, 1.54) is 0 Å². The number of hydrogen-bond acceptors (Lipinski definition) is 7. The van der Waals surface area contributed by atoms with Crippen molar-refractivity contribution in [3.05, 3.63) is 44.5 Å². The van der Waals surface area contributed by atoms with Crippen molar-refractivity contribution in [1.82, 2.24) is 0 Å². The Balaban J connectivity index is 4.52. The lowest BCUT2D eigenvalue weighted by molar-refractivity contribution is -0.542. The monoisotopic (exact) mass is 414 g/mol. The predicted molar refractivity (Wildman–Crippen MR) is 110 cm³/mol. The van der Waals surface area contributed by atoms with Gasteiger partial charge in [-0.1, -0.05) is 44.1 Å². The minimum atomic E-state index is -1.48. The molecule has 4 unspecified atom stereocenters. The molecule has 0 bridgehead atoms. The van der Waals surface area contributed by atoms with Crippen LogP contribution in [0.4, 0.5) is 0 Å². The number of aliphatic hydroxyl groups is 2. The van der Waals surface area contributed by atoms with Gasteiger partial charge in [-0.3, -0.25) is 20.2 Å². The van der Waals surface area contributed by atoms with E-state index < -0.39 is 40.6 Å². The third-order valence-corrected chi connectivity index (χ3v) is 4.68. The Morgan fingerprint density at radius 2 is 1.28 bits per heavy atom. The van der Waals surface area contributed by atoms with Crippen LogP contribution in [0.2, 0.25) is 0 Å². The van der Waals surface area contributed by atoms with Crippen molar-refractivity contribution >= 4 is 6.29 Å². The van der Waals surface area contributed by atoms with Crippen LogP contribution in [0, 0.1) is 20.2 Å². The second-order valence-electron chi connectivity index (χ2n) is 7.06. The van der Waals surface area contributed by atoms with Crippen molar-refractivity contribution in [1.29, 1.82) is 0 Å². The van der Waals surface area contributed by atoms with Gasteiger partial charge >= 0.3 is 0 Å². The number of aldehydes is 1. The van der Waals surface area contributed by atoms with E-state index in [-0.39, 0.29) is 12.8 Å².